The van der Waals surface area contributed by atoms with Gasteiger partial charge in [0.05, 0.1) is 0 Å². The molecule has 0 aromatic heterocycles. The Morgan fingerprint density at radius 1 is 0.889 bits per heavy atom. The summed E-state index contributed by atoms with van der Waals surface area (Å²) in [6.45, 7) is 0. The molecule has 0 fully saturated rings. The summed E-state index contributed by atoms with van der Waals surface area (Å²) in [5.41, 5.74) is 5.20. The van der Waals surface area contributed by atoms with Crippen LogP contribution in [0.3, 0.4) is 0 Å². The van der Waals surface area contributed by atoms with Crippen LogP contribution in [0.4, 0.5) is 0 Å². The van der Waals surface area contributed by atoms with Crippen LogP contribution in [0.5, 0.6) is 0 Å². The van der Waals surface area contributed by atoms with E-state index >= 15 is 0 Å². The van der Waals surface area contributed by atoms with Gasteiger partial charge in [-0.2, -0.15) is 0 Å². The van der Waals surface area contributed by atoms with Crippen LogP contribution in [0.2, 0.25) is 0 Å². The lowest BCUT2D eigenvalue weighted by molar-refractivity contribution is 1.14. The highest BCUT2D eigenvalue weighted by Crippen LogP contribution is 2.24. The smallest absolute Gasteiger partial charge is 0.0484 e. The van der Waals surface area contributed by atoms with E-state index in [1.165, 1.54) is 22.3 Å². The Morgan fingerprint density at radius 2 is 1.61 bits per heavy atom. The highest BCUT2D eigenvalue weighted by molar-refractivity contribution is 7.81. The van der Waals surface area contributed by atoms with Crippen molar-refractivity contribution in [2.75, 3.05) is 0 Å². The third-order valence-electron chi connectivity index (χ3n) is 3.36. The normalized spacial score (nSPS) is 14.0. The summed E-state index contributed by atoms with van der Waals surface area (Å²) in [4.78, 5) is 1.01. The van der Waals surface area contributed by atoms with Gasteiger partial charge in [-0.15, -0.1) is 0 Å². The van der Waals surface area contributed by atoms with Crippen LogP contribution < -0.4 is 0 Å². The van der Waals surface area contributed by atoms with Crippen molar-refractivity contribution in [2.45, 2.75) is 12.8 Å². The van der Waals surface area contributed by atoms with E-state index < -0.39 is 0 Å². The fraction of sp³-hybridized carbons (Fsp3) is 0.118. The lowest BCUT2D eigenvalue weighted by Crippen LogP contribution is -2.12. The summed E-state index contributed by atoms with van der Waals surface area (Å²) in [5, 5.41) is 0. The molecule has 0 bridgehead atoms. The van der Waals surface area contributed by atoms with E-state index in [1.54, 1.807) is 0 Å². The fourth-order valence-corrected chi connectivity index (χ4v) is 2.74. The number of fused-ring (bicyclic) bond motifs is 1. The summed E-state index contributed by atoms with van der Waals surface area (Å²) in [6.07, 6.45) is 4.21. The maximum atomic E-state index is 5.61. The van der Waals surface area contributed by atoms with Crippen LogP contribution in [-0.2, 0) is 12.8 Å². The van der Waals surface area contributed by atoms with Crippen LogP contribution in [0.1, 0.15) is 16.7 Å². The Hall–Kier alpha value is -1.73. The largest absolute Gasteiger partial charge is 0.0791 e. The molecule has 3 rings (SSSR count). The SMILES string of the molecule is S=C1C(Cc2ccccc2)=CCc2ccccc21. The van der Waals surface area contributed by atoms with Gasteiger partial charge in [0.2, 0.25) is 0 Å². The van der Waals surface area contributed by atoms with Gasteiger partial charge in [0.15, 0.2) is 0 Å². The third kappa shape index (κ3) is 2.14. The number of hydrogen-bond donors (Lipinski definition) is 0. The number of allylic oxidation sites excluding steroid dienone is 2. The van der Waals surface area contributed by atoms with Crippen molar-refractivity contribution in [2.24, 2.45) is 0 Å². The molecule has 0 spiro atoms. The van der Waals surface area contributed by atoms with E-state index in [4.69, 9.17) is 12.2 Å². The molecule has 0 unspecified atom stereocenters. The van der Waals surface area contributed by atoms with Crippen molar-refractivity contribution >= 4 is 17.1 Å². The summed E-state index contributed by atoms with van der Waals surface area (Å²) >= 11 is 5.61. The van der Waals surface area contributed by atoms with Crippen molar-refractivity contribution in [3.63, 3.8) is 0 Å². The molecule has 1 aliphatic rings. The van der Waals surface area contributed by atoms with Gasteiger partial charge in [-0.1, -0.05) is 72.9 Å². The average Bonchev–Trinajstić information content (AvgIpc) is 2.43. The summed E-state index contributed by atoms with van der Waals surface area (Å²) in [5.74, 6) is 0. The highest BCUT2D eigenvalue weighted by Gasteiger charge is 2.16. The Morgan fingerprint density at radius 3 is 2.44 bits per heavy atom. The van der Waals surface area contributed by atoms with Crippen molar-refractivity contribution in [1.29, 1.82) is 0 Å². The van der Waals surface area contributed by atoms with Gasteiger partial charge in [-0.05, 0) is 35.1 Å². The molecule has 88 valence electrons. The van der Waals surface area contributed by atoms with Gasteiger partial charge in [0.25, 0.3) is 0 Å². The quantitative estimate of drug-likeness (QED) is 0.722. The highest BCUT2D eigenvalue weighted by atomic mass is 32.1. The van der Waals surface area contributed by atoms with E-state index in [9.17, 15) is 0 Å². The zero-order valence-electron chi connectivity index (χ0n) is 10.1. The number of rotatable bonds is 2. The first kappa shape index (κ1) is 11.4. The predicted octanol–water partition coefficient (Wildman–Crippen LogP) is 4.13. The Labute approximate surface area is 113 Å². The molecule has 0 aliphatic heterocycles. The molecule has 0 N–H and O–H groups in total. The molecule has 1 aliphatic carbocycles. The summed E-state index contributed by atoms with van der Waals surface area (Å²) < 4.78 is 0. The van der Waals surface area contributed by atoms with Crippen molar-refractivity contribution in [1.82, 2.24) is 0 Å². The zero-order chi connectivity index (χ0) is 12.4. The van der Waals surface area contributed by atoms with Gasteiger partial charge < -0.3 is 0 Å². The van der Waals surface area contributed by atoms with Gasteiger partial charge in [0.1, 0.15) is 0 Å². The van der Waals surface area contributed by atoms with Gasteiger partial charge >= 0.3 is 0 Å². The van der Waals surface area contributed by atoms with E-state index in [1.807, 2.05) is 6.07 Å². The molecule has 0 amide bonds. The minimum absolute atomic E-state index is 0.938. The Bertz CT molecular complexity index is 609. The lowest BCUT2D eigenvalue weighted by Gasteiger charge is -2.18. The zero-order valence-corrected chi connectivity index (χ0v) is 10.9. The molecular formula is C17H14S. The monoisotopic (exact) mass is 250 g/mol. The minimum Gasteiger partial charge on any atom is -0.0791 e. The van der Waals surface area contributed by atoms with E-state index in [0.717, 1.165) is 17.7 Å². The number of thiocarbonyl (C=S) groups is 1. The Kier molecular flexibility index (Phi) is 3.07. The third-order valence-corrected chi connectivity index (χ3v) is 3.84. The summed E-state index contributed by atoms with van der Waals surface area (Å²) in [7, 11) is 0. The van der Waals surface area contributed by atoms with Crippen LogP contribution in [-0.4, -0.2) is 4.86 Å². The molecule has 0 atom stereocenters. The van der Waals surface area contributed by atoms with Gasteiger partial charge in [0, 0.05) is 4.86 Å². The first-order valence-electron chi connectivity index (χ1n) is 6.20. The van der Waals surface area contributed by atoms with Crippen molar-refractivity contribution in [3.05, 3.63) is 82.9 Å². The van der Waals surface area contributed by atoms with Crippen LogP contribution in [0.15, 0.2) is 66.2 Å². The molecule has 0 nitrogen and oxygen atoms in total. The van der Waals surface area contributed by atoms with E-state index in [-0.39, 0.29) is 0 Å². The van der Waals surface area contributed by atoms with Crippen molar-refractivity contribution in [3.8, 4) is 0 Å². The van der Waals surface area contributed by atoms with Crippen LogP contribution in [0.25, 0.3) is 0 Å². The van der Waals surface area contributed by atoms with Crippen molar-refractivity contribution < 1.29 is 0 Å². The predicted molar refractivity (Wildman–Crippen MR) is 80.1 cm³/mol. The summed E-state index contributed by atoms with van der Waals surface area (Å²) in [6, 6.07) is 19.0. The molecular weight excluding hydrogens is 236 g/mol. The molecule has 0 radical (unpaired) electrons. The second kappa shape index (κ2) is 4.87. The minimum atomic E-state index is 0.938. The molecule has 2 aromatic carbocycles. The standard InChI is InChI=1S/C17H14S/c18-17-15(12-13-6-2-1-3-7-13)11-10-14-8-4-5-9-16(14)17/h1-9,11H,10,12H2. The first-order valence-corrected chi connectivity index (χ1v) is 6.61. The number of benzene rings is 2. The number of hydrogen-bond acceptors (Lipinski definition) is 1. The molecule has 18 heavy (non-hydrogen) atoms. The second-order valence-corrected chi connectivity index (χ2v) is 4.99. The topological polar surface area (TPSA) is 0 Å². The maximum absolute atomic E-state index is 5.61. The van der Waals surface area contributed by atoms with E-state index in [0.29, 0.717) is 0 Å². The van der Waals surface area contributed by atoms with Gasteiger partial charge in [-0.25, -0.2) is 0 Å². The first-order chi connectivity index (χ1) is 8.84. The average molecular weight is 250 g/mol. The maximum Gasteiger partial charge on any atom is 0.0484 e. The lowest BCUT2D eigenvalue weighted by atomic mass is 9.88. The molecule has 0 saturated heterocycles. The van der Waals surface area contributed by atoms with Gasteiger partial charge in [-0.3, -0.25) is 0 Å². The van der Waals surface area contributed by atoms with Crippen LogP contribution in [0, 0.1) is 0 Å². The molecule has 0 saturated carbocycles. The van der Waals surface area contributed by atoms with Crippen LogP contribution >= 0.6 is 12.2 Å². The molecule has 1 heteroatoms. The fourth-order valence-electron chi connectivity index (χ4n) is 2.39. The molecule has 2 aromatic rings. The van der Waals surface area contributed by atoms with E-state index in [2.05, 4.69) is 54.6 Å². The second-order valence-electron chi connectivity index (χ2n) is 4.58. The molecule has 0 heterocycles. The Balaban J connectivity index is 1.88.